The summed E-state index contributed by atoms with van der Waals surface area (Å²) in [4.78, 5) is 0. The van der Waals surface area contributed by atoms with Gasteiger partial charge in [-0.1, -0.05) is 0 Å². The summed E-state index contributed by atoms with van der Waals surface area (Å²) < 4.78 is 10.3. The first-order valence-electron chi connectivity index (χ1n) is 4.47. The van der Waals surface area contributed by atoms with Gasteiger partial charge in [-0.15, -0.1) is 0 Å². The molecule has 5 heteroatoms. The van der Waals surface area contributed by atoms with Crippen molar-refractivity contribution in [1.82, 2.24) is 10.6 Å². The summed E-state index contributed by atoms with van der Waals surface area (Å²) >= 11 is 0. The Hall–Kier alpha value is -0.810. The lowest BCUT2D eigenvalue weighted by atomic mass is 10.6. The van der Waals surface area contributed by atoms with Crippen molar-refractivity contribution < 1.29 is 9.47 Å². The zero-order chi connectivity index (χ0) is 9.94. The standard InChI is InChI=1S/C8H19N3O2/c1-3-12-6-7-13-5-4-11-8(9)10-2/h3-7H2,1-2H3,(H3,9,10,11). The maximum absolute atomic E-state index is 7.18. The lowest BCUT2D eigenvalue weighted by Crippen LogP contribution is -2.35. The topological polar surface area (TPSA) is 66.4 Å². The third kappa shape index (κ3) is 9.10. The molecule has 0 rings (SSSR count). The second-order valence-electron chi connectivity index (χ2n) is 2.36. The molecule has 0 bridgehead atoms. The first-order valence-corrected chi connectivity index (χ1v) is 4.47. The van der Waals surface area contributed by atoms with Gasteiger partial charge in [-0.3, -0.25) is 5.41 Å². The van der Waals surface area contributed by atoms with Crippen LogP contribution < -0.4 is 10.6 Å². The molecule has 0 atom stereocenters. The summed E-state index contributed by atoms with van der Waals surface area (Å²) in [7, 11) is 1.70. The Morgan fingerprint density at radius 2 is 1.92 bits per heavy atom. The van der Waals surface area contributed by atoms with Crippen molar-refractivity contribution in [3.63, 3.8) is 0 Å². The quantitative estimate of drug-likeness (QED) is 0.294. The van der Waals surface area contributed by atoms with Crippen LogP contribution in [0.3, 0.4) is 0 Å². The van der Waals surface area contributed by atoms with Crippen LogP contribution in [0.1, 0.15) is 6.92 Å². The van der Waals surface area contributed by atoms with Crippen molar-refractivity contribution in [3.8, 4) is 0 Å². The summed E-state index contributed by atoms with van der Waals surface area (Å²) in [5.74, 6) is 0.313. The zero-order valence-electron chi connectivity index (χ0n) is 8.35. The van der Waals surface area contributed by atoms with E-state index in [1.807, 2.05) is 6.92 Å². The van der Waals surface area contributed by atoms with Crippen LogP contribution in [0.15, 0.2) is 0 Å². The monoisotopic (exact) mass is 189 g/mol. The molecule has 0 aliphatic heterocycles. The van der Waals surface area contributed by atoms with Crippen molar-refractivity contribution in [3.05, 3.63) is 0 Å². The minimum absolute atomic E-state index is 0.313. The first kappa shape index (κ1) is 12.2. The van der Waals surface area contributed by atoms with Crippen LogP contribution >= 0.6 is 0 Å². The normalized spacial score (nSPS) is 9.69. The van der Waals surface area contributed by atoms with Crippen molar-refractivity contribution in [2.24, 2.45) is 0 Å². The second-order valence-corrected chi connectivity index (χ2v) is 2.36. The van der Waals surface area contributed by atoms with E-state index in [0.29, 0.717) is 32.3 Å². The summed E-state index contributed by atoms with van der Waals surface area (Å²) in [5, 5.41) is 12.7. The molecule has 0 aromatic rings. The van der Waals surface area contributed by atoms with Crippen molar-refractivity contribution in [2.75, 3.05) is 40.0 Å². The molecule has 0 aromatic heterocycles. The minimum atomic E-state index is 0.313. The van der Waals surface area contributed by atoms with Gasteiger partial charge in [0.15, 0.2) is 5.96 Å². The third-order valence-corrected chi connectivity index (χ3v) is 1.37. The van der Waals surface area contributed by atoms with E-state index in [9.17, 15) is 0 Å². The fraction of sp³-hybridized carbons (Fsp3) is 0.875. The van der Waals surface area contributed by atoms with Gasteiger partial charge in [0.05, 0.1) is 19.8 Å². The predicted molar refractivity (Wildman–Crippen MR) is 52.1 cm³/mol. The highest BCUT2D eigenvalue weighted by atomic mass is 16.5. The molecule has 0 aromatic carbocycles. The van der Waals surface area contributed by atoms with Crippen LogP contribution in [0.4, 0.5) is 0 Å². The van der Waals surface area contributed by atoms with Gasteiger partial charge in [-0.25, -0.2) is 0 Å². The van der Waals surface area contributed by atoms with Gasteiger partial charge in [0.2, 0.25) is 0 Å². The largest absolute Gasteiger partial charge is 0.379 e. The fourth-order valence-corrected chi connectivity index (χ4v) is 0.701. The maximum atomic E-state index is 7.18. The van der Waals surface area contributed by atoms with Crippen LogP contribution in [0.2, 0.25) is 0 Å². The fourth-order valence-electron chi connectivity index (χ4n) is 0.701. The molecule has 0 unspecified atom stereocenters. The maximum Gasteiger partial charge on any atom is 0.188 e. The van der Waals surface area contributed by atoms with Gasteiger partial charge in [-0.2, -0.15) is 0 Å². The van der Waals surface area contributed by atoms with Gasteiger partial charge in [-0.05, 0) is 6.92 Å². The number of hydrogen-bond donors (Lipinski definition) is 3. The molecule has 3 N–H and O–H groups in total. The average molecular weight is 189 g/mol. The van der Waals surface area contributed by atoms with E-state index in [2.05, 4.69) is 10.6 Å². The number of ether oxygens (including phenoxy) is 2. The van der Waals surface area contributed by atoms with Crippen molar-refractivity contribution in [2.45, 2.75) is 6.92 Å². The molecule has 0 spiro atoms. The summed E-state index contributed by atoms with van der Waals surface area (Å²) in [6.45, 7) is 5.17. The average Bonchev–Trinajstić information content (AvgIpc) is 2.16. The van der Waals surface area contributed by atoms with Crippen LogP contribution in [0.25, 0.3) is 0 Å². The summed E-state index contributed by atoms with van der Waals surface area (Å²) in [6, 6.07) is 0. The molecule has 0 aliphatic rings. The smallest absolute Gasteiger partial charge is 0.188 e. The van der Waals surface area contributed by atoms with E-state index >= 15 is 0 Å². The molecule has 13 heavy (non-hydrogen) atoms. The molecule has 0 fully saturated rings. The predicted octanol–water partition coefficient (Wildman–Crippen LogP) is -0.217. The first-order chi connectivity index (χ1) is 6.31. The molecule has 0 heterocycles. The number of guanidine groups is 1. The highest BCUT2D eigenvalue weighted by molar-refractivity contribution is 5.75. The molecule has 0 amide bonds. The van der Waals surface area contributed by atoms with Crippen LogP contribution in [-0.2, 0) is 9.47 Å². The number of nitrogens with one attached hydrogen (secondary N) is 3. The highest BCUT2D eigenvalue weighted by Crippen LogP contribution is 1.76. The summed E-state index contributed by atoms with van der Waals surface area (Å²) in [6.07, 6.45) is 0. The Kier molecular flexibility index (Phi) is 8.70. The summed E-state index contributed by atoms with van der Waals surface area (Å²) in [5.41, 5.74) is 0. The van der Waals surface area contributed by atoms with E-state index in [4.69, 9.17) is 14.9 Å². The van der Waals surface area contributed by atoms with Gasteiger partial charge in [0, 0.05) is 20.2 Å². The van der Waals surface area contributed by atoms with Crippen LogP contribution in [0.5, 0.6) is 0 Å². The minimum Gasteiger partial charge on any atom is -0.379 e. The molecule has 0 saturated carbocycles. The molecular formula is C8H19N3O2. The lowest BCUT2D eigenvalue weighted by Gasteiger charge is -2.07. The van der Waals surface area contributed by atoms with Crippen molar-refractivity contribution >= 4 is 5.96 Å². The second kappa shape index (κ2) is 9.28. The van der Waals surface area contributed by atoms with E-state index in [1.54, 1.807) is 7.05 Å². The van der Waals surface area contributed by atoms with Gasteiger partial charge in [0.25, 0.3) is 0 Å². The van der Waals surface area contributed by atoms with Gasteiger partial charge in [0.1, 0.15) is 0 Å². The third-order valence-electron chi connectivity index (χ3n) is 1.37. The van der Waals surface area contributed by atoms with E-state index in [1.165, 1.54) is 0 Å². The van der Waals surface area contributed by atoms with Crippen molar-refractivity contribution in [1.29, 1.82) is 5.41 Å². The molecule has 5 nitrogen and oxygen atoms in total. The lowest BCUT2D eigenvalue weighted by molar-refractivity contribution is 0.0550. The Morgan fingerprint density at radius 1 is 1.23 bits per heavy atom. The Morgan fingerprint density at radius 3 is 2.54 bits per heavy atom. The van der Waals surface area contributed by atoms with Gasteiger partial charge < -0.3 is 20.1 Å². The number of hydrogen-bond acceptors (Lipinski definition) is 3. The van der Waals surface area contributed by atoms with E-state index in [-0.39, 0.29) is 0 Å². The van der Waals surface area contributed by atoms with E-state index < -0.39 is 0 Å². The highest BCUT2D eigenvalue weighted by Gasteiger charge is 1.90. The Balaban J connectivity index is 2.95. The molecule has 78 valence electrons. The Bertz CT molecular complexity index is 131. The SMILES string of the molecule is CCOCCOCCNC(=N)NC. The molecule has 0 saturated heterocycles. The van der Waals surface area contributed by atoms with Gasteiger partial charge >= 0.3 is 0 Å². The zero-order valence-corrected chi connectivity index (χ0v) is 8.35. The van der Waals surface area contributed by atoms with E-state index in [0.717, 1.165) is 6.61 Å². The van der Waals surface area contributed by atoms with Crippen LogP contribution in [-0.4, -0.2) is 46.0 Å². The molecule has 0 aliphatic carbocycles. The van der Waals surface area contributed by atoms with Crippen LogP contribution in [0, 0.1) is 5.41 Å². The molecular weight excluding hydrogens is 170 g/mol. The molecule has 0 radical (unpaired) electrons. The number of rotatable bonds is 7. The Labute approximate surface area is 79.3 Å².